The molecular formula is C23H24ClN3O2. The van der Waals surface area contributed by atoms with Gasteiger partial charge in [-0.05, 0) is 40.8 Å². The second kappa shape index (κ2) is 8.39. The SMILES string of the molecule is CC(C)c1ccc(CNC(=O)c2cc3n(n2)C[C@@H](c2ccc(Cl)cc2)OC3)cc1. The van der Waals surface area contributed by atoms with E-state index < -0.39 is 0 Å². The number of fused-ring (bicyclic) bond motifs is 1. The molecule has 0 bridgehead atoms. The van der Waals surface area contributed by atoms with Crippen LogP contribution in [-0.2, 0) is 24.4 Å². The lowest BCUT2D eigenvalue weighted by molar-refractivity contribution is -0.00119. The Labute approximate surface area is 175 Å². The van der Waals surface area contributed by atoms with E-state index in [1.165, 1.54) is 5.56 Å². The van der Waals surface area contributed by atoms with Crippen molar-refractivity contribution in [2.45, 2.75) is 45.6 Å². The van der Waals surface area contributed by atoms with Gasteiger partial charge in [0.05, 0.1) is 18.8 Å². The first-order chi connectivity index (χ1) is 14.0. The summed E-state index contributed by atoms with van der Waals surface area (Å²) in [6.07, 6.45) is -0.102. The Bertz CT molecular complexity index is 994. The van der Waals surface area contributed by atoms with Crippen LogP contribution >= 0.6 is 11.6 Å². The quantitative estimate of drug-likeness (QED) is 0.654. The van der Waals surface area contributed by atoms with E-state index in [-0.39, 0.29) is 12.0 Å². The van der Waals surface area contributed by atoms with Gasteiger partial charge in [0.15, 0.2) is 5.69 Å². The van der Waals surface area contributed by atoms with Gasteiger partial charge in [0, 0.05) is 11.6 Å². The number of carbonyl (C=O) groups is 1. The molecule has 4 rings (SSSR count). The highest BCUT2D eigenvalue weighted by molar-refractivity contribution is 6.30. The van der Waals surface area contributed by atoms with Gasteiger partial charge in [-0.25, -0.2) is 0 Å². The van der Waals surface area contributed by atoms with Crippen LogP contribution in [0.25, 0.3) is 0 Å². The van der Waals surface area contributed by atoms with Gasteiger partial charge < -0.3 is 10.1 Å². The molecule has 0 saturated heterocycles. The van der Waals surface area contributed by atoms with Crippen LogP contribution in [0, 0.1) is 0 Å². The predicted molar refractivity (Wildman–Crippen MR) is 113 cm³/mol. The average Bonchev–Trinajstić information content (AvgIpc) is 3.16. The van der Waals surface area contributed by atoms with Gasteiger partial charge in [0.2, 0.25) is 0 Å². The van der Waals surface area contributed by atoms with Crippen molar-refractivity contribution in [1.82, 2.24) is 15.1 Å². The summed E-state index contributed by atoms with van der Waals surface area (Å²) in [6, 6.07) is 17.7. The highest BCUT2D eigenvalue weighted by atomic mass is 35.5. The minimum absolute atomic E-state index is 0.102. The van der Waals surface area contributed by atoms with Crippen molar-refractivity contribution in [2.75, 3.05) is 0 Å². The van der Waals surface area contributed by atoms with Crippen LogP contribution in [0.4, 0.5) is 0 Å². The fourth-order valence-electron chi connectivity index (χ4n) is 3.41. The van der Waals surface area contributed by atoms with Crippen molar-refractivity contribution in [1.29, 1.82) is 0 Å². The van der Waals surface area contributed by atoms with Gasteiger partial charge in [-0.1, -0.05) is 61.8 Å². The van der Waals surface area contributed by atoms with Crippen molar-refractivity contribution in [2.24, 2.45) is 0 Å². The lowest BCUT2D eigenvalue weighted by atomic mass is 10.0. The van der Waals surface area contributed by atoms with Crippen molar-refractivity contribution < 1.29 is 9.53 Å². The molecule has 1 amide bonds. The molecule has 1 aromatic heterocycles. The number of nitrogens with one attached hydrogen (secondary N) is 1. The third kappa shape index (κ3) is 4.52. The van der Waals surface area contributed by atoms with Gasteiger partial charge >= 0.3 is 0 Å². The van der Waals surface area contributed by atoms with Crippen LogP contribution < -0.4 is 5.32 Å². The molecule has 1 N–H and O–H groups in total. The molecule has 6 heteroatoms. The topological polar surface area (TPSA) is 56.2 Å². The maximum atomic E-state index is 12.6. The molecule has 3 aromatic rings. The number of amides is 1. The first-order valence-corrected chi connectivity index (χ1v) is 10.2. The monoisotopic (exact) mass is 409 g/mol. The zero-order valence-corrected chi connectivity index (χ0v) is 17.3. The first kappa shape index (κ1) is 19.7. The van der Waals surface area contributed by atoms with Crippen molar-refractivity contribution >= 4 is 17.5 Å². The molecule has 0 unspecified atom stereocenters. The largest absolute Gasteiger partial charge is 0.365 e. The summed E-state index contributed by atoms with van der Waals surface area (Å²) in [4.78, 5) is 12.6. The Hall–Kier alpha value is -2.63. The van der Waals surface area contributed by atoms with Gasteiger partial charge in [-0.15, -0.1) is 0 Å². The lowest BCUT2D eigenvalue weighted by Gasteiger charge is -2.24. The van der Waals surface area contributed by atoms with Crippen LogP contribution in [-0.4, -0.2) is 15.7 Å². The van der Waals surface area contributed by atoms with E-state index in [1.807, 2.05) is 28.9 Å². The summed E-state index contributed by atoms with van der Waals surface area (Å²) in [5.74, 6) is 0.317. The molecule has 0 saturated carbocycles. The zero-order chi connectivity index (χ0) is 20.4. The molecule has 29 heavy (non-hydrogen) atoms. The van der Waals surface area contributed by atoms with E-state index in [0.29, 0.717) is 36.3 Å². The van der Waals surface area contributed by atoms with E-state index in [0.717, 1.165) is 16.8 Å². The number of hydrogen-bond donors (Lipinski definition) is 1. The third-order valence-electron chi connectivity index (χ3n) is 5.21. The lowest BCUT2D eigenvalue weighted by Crippen LogP contribution is -2.24. The molecule has 0 aliphatic carbocycles. The molecule has 0 radical (unpaired) electrons. The third-order valence-corrected chi connectivity index (χ3v) is 5.46. The summed E-state index contributed by atoms with van der Waals surface area (Å²) in [5, 5.41) is 8.14. The predicted octanol–water partition coefficient (Wildman–Crippen LogP) is 4.86. The van der Waals surface area contributed by atoms with Gasteiger partial charge in [0.25, 0.3) is 5.91 Å². The van der Waals surface area contributed by atoms with E-state index in [9.17, 15) is 4.79 Å². The molecule has 2 aromatic carbocycles. The smallest absolute Gasteiger partial charge is 0.272 e. The van der Waals surface area contributed by atoms with E-state index in [4.69, 9.17) is 16.3 Å². The van der Waals surface area contributed by atoms with Crippen molar-refractivity contribution in [3.63, 3.8) is 0 Å². The highest BCUT2D eigenvalue weighted by Gasteiger charge is 2.24. The summed E-state index contributed by atoms with van der Waals surface area (Å²) < 4.78 is 7.80. The highest BCUT2D eigenvalue weighted by Crippen LogP contribution is 2.27. The number of rotatable bonds is 5. The molecule has 0 fully saturated rings. The molecule has 0 spiro atoms. The maximum absolute atomic E-state index is 12.6. The number of nitrogens with zero attached hydrogens (tertiary/aromatic N) is 2. The fraction of sp³-hybridized carbons (Fsp3) is 0.304. The van der Waals surface area contributed by atoms with Crippen LogP contribution in [0.1, 0.15) is 58.7 Å². The van der Waals surface area contributed by atoms with E-state index >= 15 is 0 Å². The van der Waals surface area contributed by atoms with Gasteiger partial charge in [-0.3, -0.25) is 9.48 Å². The molecule has 2 heterocycles. The fourth-order valence-corrected chi connectivity index (χ4v) is 3.53. The summed E-state index contributed by atoms with van der Waals surface area (Å²) in [5.41, 5.74) is 4.72. The number of halogens is 1. The Morgan fingerprint density at radius 1 is 1.21 bits per heavy atom. The average molecular weight is 410 g/mol. The van der Waals surface area contributed by atoms with Crippen LogP contribution in [0.5, 0.6) is 0 Å². The van der Waals surface area contributed by atoms with E-state index in [1.54, 1.807) is 6.07 Å². The van der Waals surface area contributed by atoms with Crippen molar-refractivity contribution in [3.05, 3.63) is 87.7 Å². The number of benzene rings is 2. The Balaban J connectivity index is 1.39. The van der Waals surface area contributed by atoms with Gasteiger partial charge in [-0.2, -0.15) is 5.10 Å². The maximum Gasteiger partial charge on any atom is 0.272 e. The first-order valence-electron chi connectivity index (χ1n) is 9.80. The molecular weight excluding hydrogens is 386 g/mol. The van der Waals surface area contributed by atoms with Gasteiger partial charge in [0.1, 0.15) is 6.10 Å². The Morgan fingerprint density at radius 2 is 1.93 bits per heavy atom. The zero-order valence-electron chi connectivity index (χ0n) is 16.6. The summed E-state index contributed by atoms with van der Waals surface area (Å²) in [7, 11) is 0. The second-order valence-electron chi connectivity index (χ2n) is 7.63. The Morgan fingerprint density at radius 3 is 2.62 bits per heavy atom. The normalized spacial score (nSPS) is 15.9. The molecule has 150 valence electrons. The standard InChI is InChI=1S/C23H24ClN3O2/c1-15(2)17-5-3-16(4-6-17)12-25-23(28)21-11-20-14-29-22(13-27(20)26-21)18-7-9-19(24)10-8-18/h3-11,15,22H,12-14H2,1-2H3,(H,25,28)/t22-/m0/s1. The van der Waals surface area contributed by atoms with Crippen molar-refractivity contribution in [3.8, 4) is 0 Å². The van der Waals surface area contributed by atoms with E-state index in [2.05, 4.69) is 48.5 Å². The Kier molecular flexibility index (Phi) is 5.69. The molecule has 1 atom stereocenters. The van der Waals surface area contributed by atoms with Crippen LogP contribution in [0.3, 0.4) is 0 Å². The number of hydrogen-bond acceptors (Lipinski definition) is 3. The minimum Gasteiger partial charge on any atom is -0.365 e. The summed E-state index contributed by atoms with van der Waals surface area (Å²) >= 11 is 5.96. The number of aromatic nitrogens is 2. The minimum atomic E-state index is -0.178. The number of ether oxygens (including phenoxy) is 1. The number of carbonyl (C=O) groups excluding carboxylic acids is 1. The summed E-state index contributed by atoms with van der Waals surface area (Å²) in [6.45, 7) is 5.80. The molecule has 5 nitrogen and oxygen atoms in total. The molecule has 1 aliphatic heterocycles. The van der Waals surface area contributed by atoms with Crippen LogP contribution in [0.15, 0.2) is 54.6 Å². The second-order valence-corrected chi connectivity index (χ2v) is 8.07. The molecule has 1 aliphatic rings. The van der Waals surface area contributed by atoms with Crippen LogP contribution in [0.2, 0.25) is 5.02 Å².